The Balaban J connectivity index is 2.48. The fraction of sp³-hybridized carbons (Fsp3) is 0.750. The summed E-state index contributed by atoms with van der Waals surface area (Å²) in [5, 5.41) is 10.8. The molecule has 1 aromatic heterocycles. The van der Waals surface area contributed by atoms with Crippen LogP contribution >= 0.6 is 11.6 Å². The van der Waals surface area contributed by atoms with Gasteiger partial charge in [-0.25, -0.2) is 0 Å². The SMILES string of the molecule is CCC(C)Nc1nnc(CCCl)o1. The number of hydrogen-bond acceptors (Lipinski definition) is 4. The number of aryl methyl sites for hydroxylation is 1. The van der Waals surface area contributed by atoms with Crippen LogP contribution in [0.1, 0.15) is 26.2 Å². The fourth-order valence-electron chi connectivity index (χ4n) is 0.807. The van der Waals surface area contributed by atoms with Gasteiger partial charge in [0.1, 0.15) is 0 Å². The molecule has 1 atom stereocenters. The van der Waals surface area contributed by atoms with Gasteiger partial charge in [0.25, 0.3) is 0 Å². The first-order valence-corrected chi connectivity index (χ1v) is 4.94. The van der Waals surface area contributed by atoms with Crippen molar-refractivity contribution in [2.24, 2.45) is 0 Å². The summed E-state index contributed by atoms with van der Waals surface area (Å²) in [7, 11) is 0. The lowest BCUT2D eigenvalue weighted by atomic mass is 10.3. The Hall–Kier alpha value is -0.770. The molecule has 13 heavy (non-hydrogen) atoms. The second kappa shape index (κ2) is 5.07. The summed E-state index contributed by atoms with van der Waals surface area (Å²) in [6.07, 6.45) is 1.64. The monoisotopic (exact) mass is 203 g/mol. The van der Waals surface area contributed by atoms with Crippen LogP contribution in [0.4, 0.5) is 6.01 Å². The van der Waals surface area contributed by atoms with Gasteiger partial charge in [0, 0.05) is 18.3 Å². The van der Waals surface area contributed by atoms with Crippen molar-refractivity contribution >= 4 is 17.6 Å². The van der Waals surface area contributed by atoms with Gasteiger partial charge in [0.05, 0.1) is 0 Å². The zero-order chi connectivity index (χ0) is 9.68. The Morgan fingerprint density at radius 1 is 1.54 bits per heavy atom. The van der Waals surface area contributed by atoms with E-state index in [9.17, 15) is 0 Å². The number of hydrogen-bond donors (Lipinski definition) is 1. The molecule has 0 amide bonds. The van der Waals surface area contributed by atoms with Crippen LogP contribution in [0.15, 0.2) is 4.42 Å². The summed E-state index contributed by atoms with van der Waals surface area (Å²) in [5.41, 5.74) is 0. The van der Waals surface area contributed by atoms with E-state index in [-0.39, 0.29) is 0 Å². The molecule has 1 rings (SSSR count). The first-order valence-electron chi connectivity index (χ1n) is 4.41. The summed E-state index contributed by atoms with van der Waals surface area (Å²) in [4.78, 5) is 0. The van der Waals surface area contributed by atoms with Crippen molar-refractivity contribution < 1.29 is 4.42 Å². The molecule has 0 aliphatic heterocycles. The van der Waals surface area contributed by atoms with Gasteiger partial charge in [-0.3, -0.25) is 0 Å². The lowest BCUT2D eigenvalue weighted by molar-refractivity contribution is 0.505. The molecule has 0 bridgehead atoms. The zero-order valence-electron chi connectivity index (χ0n) is 7.88. The number of aromatic nitrogens is 2. The number of alkyl halides is 1. The number of nitrogens with one attached hydrogen (secondary N) is 1. The molecule has 1 aromatic rings. The van der Waals surface area contributed by atoms with Crippen molar-refractivity contribution in [3.63, 3.8) is 0 Å². The highest BCUT2D eigenvalue weighted by molar-refractivity contribution is 6.17. The van der Waals surface area contributed by atoms with E-state index < -0.39 is 0 Å². The normalized spacial score (nSPS) is 12.8. The van der Waals surface area contributed by atoms with Crippen LogP contribution in [-0.2, 0) is 6.42 Å². The summed E-state index contributed by atoms with van der Waals surface area (Å²) in [6.45, 7) is 4.15. The summed E-state index contributed by atoms with van der Waals surface area (Å²) < 4.78 is 5.28. The van der Waals surface area contributed by atoms with E-state index in [0.29, 0.717) is 30.2 Å². The second-order valence-electron chi connectivity index (χ2n) is 2.89. The Bertz CT molecular complexity index is 251. The maximum atomic E-state index is 5.53. The quantitative estimate of drug-likeness (QED) is 0.745. The van der Waals surface area contributed by atoms with Gasteiger partial charge in [-0.1, -0.05) is 12.0 Å². The van der Waals surface area contributed by atoms with Crippen LogP contribution < -0.4 is 5.32 Å². The molecule has 0 spiro atoms. The van der Waals surface area contributed by atoms with Gasteiger partial charge in [-0.15, -0.1) is 16.7 Å². The van der Waals surface area contributed by atoms with E-state index >= 15 is 0 Å². The third-order valence-electron chi connectivity index (χ3n) is 1.76. The van der Waals surface area contributed by atoms with Crippen LogP contribution in [-0.4, -0.2) is 22.1 Å². The van der Waals surface area contributed by atoms with Crippen molar-refractivity contribution in [2.75, 3.05) is 11.2 Å². The van der Waals surface area contributed by atoms with Crippen LogP contribution in [0.3, 0.4) is 0 Å². The maximum Gasteiger partial charge on any atom is 0.315 e. The van der Waals surface area contributed by atoms with E-state index in [1.807, 2.05) is 0 Å². The van der Waals surface area contributed by atoms with E-state index in [1.165, 1.54) is 0 Å². The first kappa shape index (κ1) is 10.3. The van der Waals surface area contributed by atoms with Crippen molar-refractivity contribution in [1.82, 2.24) is 10.2 Å². The van der Waals surface area contributed by atoms with E-state index in [4.69, 9.17) is 16.0 Å². The van der Waals surface area contributed by atoms with Gasteiger partial charge in [-0.2, -0.15) is 0 Å². The molecule has 0 aromatic carbocycles. The van der Waals surface area contributed by atoms with Gasteiger partial charge in [0.15, 0.2) is 0 Å². The van der Waals surface area contributed by atoms with E-state index in [2.05, 4.69) is 29.4 Å². The van der Waals surface area contributed by atoms with Crippen molar-refractivity contribution in [3.8, 4) is 0 Å². The highest BCUT2D eigenvalue weighted by Crippen LogP contribution is 2.08. The third-order valence-corrected chi connectivity index (χ3v) is 1.95. The zero-order valence-corrected chi connectivity index (χ0v) is 8.64. The van der Waals surface area contributed by atoms with Crippen LogP contribution in [0, 0.1) is 0 Å². The Morgan fingerprint density at radius 2 is 2.31 bits per heavy atom. The molecule has 0 radical (unpaired) electrons. The largest absolute Gasteiger partial charge is 0.408 e. The molecule has 0 fully saturated rings. The summed E-state index contributed by atoms with van der Waals surface area (Å²) in [5.74, 6) is 1.09. The summed E-state index contributed by atoms with van der Waals surface area (Å²) in [6, 6.07) is 0.832. The topological polar surface area (TPSA) is 51.0 Å². The fourth-order valence-corrected chi connectivity index (χ4v) is 0.968. The lowest BCUT2D eigenvalue weighted by Gasteiger charge is -2.06. The molecule has 5 heteroatoms. The molecule has 0 saturated heterocycles. The number of rotatable bonds is 5. The standard InChI is InChI=1S/C8H14ClN3O/c1-3-6(2)10-8-12-11-7(13-8)4-5-9/h6H,3-5H2,1-2H3,(H,10,12). The maximum absolute atomic E-state index is 5.53. The predicted molar refractivity (Wildman–Crippen MR) is 52.1 cm³/mol. The molecular weight excluding hydrogens is 190 g/mol. The molecule has 0 saturated carbocycles. The number of halogens is 1. The van der Waals surface area contributed by atoms with Crippen LogP contribution in [0.5, 0.6) is 0 Å². The highest BCUT2D eigenvalue weighted by atomic mass is 35.5. The highest BCUT2D eigenvalue weighted by Gasteiger charge is 2.06. The molecule has 0 aliphatic rings. The van der Waals surface area contributed by atoms with Gasteiger partial charge >= 0.3 is 6.01 Å². The Morgan fingerprint density at radius 3 is 2.92 bits per heavy atom. The second-order valence-corrected chi connectivity index (χ2v) is 3.27. The molecule has 4 nitrogen and oxygen atoms in total. The third kappa shape index (κ3) is 3.22. The first-order chi connectivity index (χ1) is 6.26. The molecule has 1 N–H and O–H groups in total. The van der Waals surface area contributed by atoms with E-state index in [0.717, 1.165) is 6.42 Å². The minimum atomic E-state index is 0.351. The van der Waals surface area contributed by atoms with Gasteiger partial charge < -0.3 is 9.73 Å². The molecule has 1 heterocycles. The number of anilines is 1. The van der Waals surface area contributed by atoms with Crippen LogP contribution in [0.25, 0.3) is 0 Å². The predicted octanol–water partition coefficient (Wildman–Crippen LogP) is 2.06. The van der Waals surface area contributed by atoms with Gasteiger partial charge in [0.2, 0.25) is 5.89 Å². The average Bonchev–Trinajstić information content (AvgIpc) is 2.53. The Labute approximate surface area is 82.7 Å². The van der Waals surface area contributed by atoms with Crippen molar-refractivity contribution in [1.29, 1.82) is 0 Å². The molecule has 1 unspecified atom stereocenters. The molecular formula is C8H14ClN3O. The smallest absolute Gasteiger partial charge is 0.315 e. The Kier molecular flexibility index (Phi) is 4.02. The molecule has 0 aliphatic carbocycles. The van der Waals surface area contributed by atoms with Gasteiger partial charge in [-0.05, 0) is 13.3 Å². The minimum Gasteiger partial charge on any atom is -0.408 e. The van der Waals surface area contributed by atoms with Crippen molar-refractivity contribution in [2.45, 2.75) is 32.7 Å². The van der Waals surface area contributed by atoms with Crippen LogP contribution in [0.2, 0.25) is 0 Å². The lowest BCUT2D eigenvalue weighted by Crippen LogP contribution is -2.13. The average molecular weight is 204 g/mol. The molecule has 74 valence electrons. The van der Waals surface area contributed by atoms with E-state index in [1.54, 1.807) is 0 Å². The van der Waals surface area contributed by atoms with Crippen molar-refractivity contribution in [3.05, 3.63) is 5.89 Å². The summed E-state index contributed by atoms with van der Waals surface area (Å²) >= 11 is 5.53. The number of nitrogens with zero attached hydrogens (tertiary/aromatic N) is 2. The minimum absolute atomic E-state index is 0.351.